The summed E-state index contributed by atoms with van der Waals surface area (Å²) < 4.78 is 10.7. The SMILES string of the molecule is COc1ccc(Cl)cc1C1(N)CCOCC1. The standard InChI is InChI=1S/C12H16ClNO2/c1-15-11-3-2-9(13)8-10(11)12(14)4-6-16-7-5-12/h2-3,8H,4-7,14H2,1H3. The molecule has 1 aliphatic heterocycles. The minimum atomic E-state index is -0.380. The molecule has 0 radical (unpaired) electrons. The summed E-state index contributed by atoms with van der Waals surface area (Å²) in [6.45, 7) is 1.37. The van der Waals surface area contributed by atoms with E-state index < -0.39 is 0 Å². The predicted octanol–water partition coefficient (Wildman–Crippen LogP) is 2.31. The highest BCUT2D eigenvalue weighted by Gasteiger charge is 2.32. The summed E-state index contributed by atoms with van der Waals surface area (Å²) in [7, 11) is 1.65. The lowest BCUT2D eigenvalue weighted by Crippen LogP contribution is -2.42. The lowest BCUT2D eigenvalue weighted by molar-refractivity contribution is 0.0514. The normalized spacial score (nSPS) is 19.4. The Hall–Kier alpha value is -0.770. The summed E-state index contributed by atoms with van der Waals surface area (Å²) >= 11 is 6.01. The van der Waals surface area contributed by atoms with Crippen molar-refractivity contribution in [2.45, 2.75) is 18.4 Å². The molecular formula is C12H16ClNO2. The van der Waals surface area contributed by atoms with Crippen LogP contribution in [0.5, 0.6) is 5.75 Å². The van der Waals surface area contributed by atoms with Crippen LogP contribution in [0.15, 0.2) is 18.2 Å². The van der Waals surface area contributed by atoms with Crippen LogP contribution in [-0.2, 0) is 10.3 Å². The zero-order valence-corrected chi connectivity index (χ0v) is 10.1. The van der Waals surface area contributed by atoms with Gasteiger partial charge in [0, 0.05) is 29.3 Å². The molecule has 3 nitrogen and oxygen atoms in total. The van der Waals surface area contributed by atoms with E-state index in [2.05, 4.69) is 0 Å². The van der Waals surface area contributed by atoms with Gasteiger partial charge in [0.15, 0.2) is 0 Å². The molecule has 1 aromatic carbocycles. The number of halogens is 1. The first kappa shape index (κ1) is 11.7. The summed E-state index contributed by atoms with van der Waals surface area (Å²) in [5.41, 5.74) is 7.00. The topological polar surface area (TPSA) is 44.5 Å². The van der Waals surface area contributed by atoms with Crippen molar-refractivity contribution in [2.24, 2.45) is 5.73 Å². The monoisotopic (exact) mass is 241 g/mol. The van der Waals surface area contributed by atoms with Crippen LogP contribution in [0, 0.1) is 0 Å². The second-order valence-corrected chi connectivity index (χ2v) is 4.55. The average Bonchev–Trinajstić information content (AvgIpc) is 2.30. The molecule has 0 atom stereocenters. The molecule has 0 aromatic heterocycles. The number of benzene rings is 1. The maximum atomic E-state index is 6.41. The van der Waals surface area contributed by atoms with Gasteiger partial charge < -0.3 is 15.2 Å². The van der Waals surface area contributed by atoms with Crippen molar-refractivity contribution in [3.8, 4) is 5.75 Å². The Labute approximate surface area is 100 Å². The number of hydrogen-bond acceptors (Lipinski definition) is 3. The van der Waals surface area contributed by atoms with Crippen molar-refractivity contribution in [1.29, 1.82) is 0 Å². The maximum absolute atomic E-state index is 6.41. The maximum Gasteiger partial charge on any atom is 0.124 e. The van der Waals surface area contributed by atoms with Gasteiger partial charge >= 0.3 is 0 Å². The van der Waals surface area contributed by atoms with E-state index in [1.54, 1.807) is 7.11 Å². The lowest BCUT2D eigenvalue weighted by Gasteiger charge is -2.34. The van der Waals surface area contributed by atoms with E-state index in [0.29, 0.717) is 18.2 Å². The zero-order chi connectivity index (χ0) is 11.6. The smallest absolute Gasteiger partial charge is 0.124 e. The molecule has 0 saturated carbocycles. The van der Waals surface area contributed by atoms with Gasteiger partial charge in [0.25, 0.3) is 0 Å². The van der Waals surface area contributed by atoms with Gasteiger partial charge in [0.2, 0.25) is 0 Å². The Morgan fingerprint density at radius 3 is 2.69 bits per heavy atom. The van der Waals surface area contributed by atoms with Crippen molar-refractivity contribution in [3.05, 3.63) is 28.8 Å². The highest BCUT2D eigenvalue weighted by molar-refractivity contribution is 6.30. The first-order chi connectivity index (χ1) is 7.65. The Kier molecular flexibility index (Phi) is 3.38. The number of nitrogens with two attached hydrogens (primary N) is 1. The Morgan fingerprint density at radius 1 is 1.38 bits per heavy atom. The molecule has 1 fully saturated rings. The lowest BCUT2D eigenvalue weighted by atomic mass is 9.83. The molecule has 16 heavy (non-hydrogen) atoms. The van der Waals surface area contributed by atoms with Crippen molar-refractivity contribution in [3.63, 3.8) is 0 Å². The molecule has 2 rings (SSSR count). The third-order valence-corrected chi connectivity index (χ3v) is 3.32. The van der Waals surface area contributed by atoms with Gasteiger partial charge in [-0.1, -0.05) is 11.6 Å². The molecule has 4 heteroatoms. The molecule has 0 amide bonds. The Morgan fingerprint density at radius 2 is 2.06 bits per heavy atom. The molecule has 0 unspecified atom stereocenters. The van der Waals surface area contributed by atoms with E-state index in [4.69, 9.17) is 26.8 Å². The zero-order valence-electron chi connectivity index (χ0n) is 9.33. The van der Waals surface area contributed by atoms with Crippen LogP contribution in [-0.4, -0.2) is 20.3 Å². The van der Waals surface area contributed by atoms with E-state index in [1.165, 1.54) is 0 Å². The number of hydrogen-bond donors (Lipinski definition) is 1. The molecule has 0 aliphatic carbocycles. The van der Waals surface area contributed by atoms with Crippen LogP contribution in [0.2, 0.25) is 5.02 Å². The summed E-state index contributed by atoms with van der Waals surface area (Å²) in [5, 5.41) is 0.687. The highest BCUT2D eigenvalue weighted by atomic mass is 35.5. The molecule has 1 saturated heterocycles. The molecule has 0 spiro atoms. The molecule has 88 valence electrons. The van der Waals surface area contributed by atoms with Crippen molar-refractivity contribution >= 4 is 11.6 Å². The van der Waals surface area contributed by atoms with Gasteiger partial charge in [-0.3, -0.25) is 0 Å². The molecule has 1 aromatic rings. The summed E-state index contributed by atoms with van der Waals surface area (Å²) in [4.78, 5) is 0. The van der Waals surface area contributed by atoms with Gasteiger partial charge in [0.05, 0.1) is 7.11 Å². The second-order valence-electron chi connectivity index (χ2n) is 4.11. The third kappa shape index (κ3) is 2.17. The van der Waals surface area contributed by atoms with Crippen LogP contribution >= 0.6 is 11.6 Å². The number of methoxy groups -OCH3 is 1. The van der Waals surface area contributed by atoms with Crippen molar-refractivity contribution < 1.29 is 9.47 Å². The second kappa shape index (κ2) is 4.62. The number of ether oxygens (including phenoxy) is 2. The van der Waals surface area contributed by atoms with E-state index in [0.717, 1.165) is 24.2 Å². The summed E-state index contributed by atoms with van der Waals surface area (Å²) in [6, 6.07) is 5.57. The Bertz CT molecular complexity index is 375. The van der Waals surface area contributed by atoms with Gasteiger partial charge in [-0.15, -0.1) is 0 Å². The minimum Gasteiger partial charge on any atom is -0.496 e. The summed E-state index contributed by atoms with van der Waals surface area (Å²) in [6.07, 6.45) is 1.59. The van der Waals surface area contributed by atoms with E-state index >= 15 is 0 Å². The first-order valence-corrected chi connectivity index (χ1v) is 5.74. The van der Waals surface area contributed by atoms with Gasteiger partial charge in [0.1, 0.15) is 5.75 Å². The fourth-order valence-corrected chi connectivity index (χ4v) is 2.25. The molecule has 0 bridgehead atoms. The molecule has 2 N–H and O–H groups in total. The van der Waals surface area contributed by atoms with Crippen molar-refractivity contribution in [1.82, 2.24) is 0 Å². The van der Waals surface area contributed by atoms with Crippen LogP contribution in [0.1, 0.15) is 18.4 Å². The first-order valence-electron chi connectivity index (χ1n) is 5.36. The van der Waals surface area contributed by atoms with Crippen LogP contribution in [0.25, 0.3) is 0 Å². The van der Waals surface area contributed by atoms with E-state index in [-0.39, 0.29) is 5.54 Å². The number of rotatable bonds is 2. The Balaban J connectivity index is 2.40. The predicted molar refractivity (Wildman–Crippen MR) is 63.9 cm³/mol. The molecule has 1 heterocycles. The summed E-state index contributed by atoms with van der Waals surface area (Å²) in [5.74, 6) is 0.800. The van der Waals surface area contributed by atoms with Crippen LogP contribution in [0.4, 0.5) is 0 Å². The fourth-order valence-electron chi connectivity index (χ4n) is 2.07. The van der Waals surface area contributed by atoms with Gasteiger partial charge in [-0.2, -0.15) is 0 Å². The van der Waals surface area contributed by atoms with Gasteiger partial charge in [-0.05, 0) is 31.0 Å². The van der Waals surface area contributed by atoms with Crippen LogP contribution < -0.4 is 10.5 Å². The molecular weight excluding hydrogens is 226 g/mol. The molecule has 1 aliphatic rings. The fraction of sp³-hybridized carbons (Fsp3) is 0.500. The van der Waals surface area contributed by atoms with Crippen LogP contribution in [0.3, 0.4) is 0 Å². The van der Waals surface area contributed by atoms with Gasteiger partial charge in [-0.25, -0.2) is 0 Å². The average molecular weight is 242 g/mol. The third-order valence-electron chi connectivity index (χ3n) is 3.08. The largest absolute Gasteiger partial charge is 0.496 e. The quantitative estimate of drug-likeness (QED) is 0.864. The van der Waals surface area contributed by atoms with E-state index in [9.17, 15) is 0 Å². The van der Waals surface area contributed by atoms with E-state index in [1.807, 2.05) is 18.2 Å². The van der Waals surface area contributed by atoms with Crippen molar-refractivity contribution in [2.75, 3.05) is 20.3 Å². The highest BCUT2D eigenvalue weighted by Crippen LogP contribution is 2.36. The minimum absolute atomic E-state index is 0.380.